The van der Waals surface area contributed by atoms with Crippen LogP contribution in [0.1, 0.15) is 40.5 Å². The molecule has 0 radical (unpaired) electrons. The lowest BCUT2D eigenvalue weighted by atomic mass is 10.4. The van der Waals surface area contributed by atoms with Crippen molar-refractivity contribution in [1.29, 1.82) is 0 Å². The summed E-state index contributed by atoms with van der Waals surface area (Å²) in [6.45, 7) is 8.38. The van der Waals surface area contributed by atoms with Crippen molar-refractivity contribution in [3.63, 3.8) is 0 Å². The molecule has 0 aliphatic heterocycles. The van der Waals surface area contributed by atoms with Gasteiger partial charge in [0, 0.05) is 12.8 Å². The maximum atomic E-state index is 5.37. The van der Waals surface area contributed by atoms with Crippen molar-refractivity contribution in [3.05, 3.63) is 23.7 Å². The van der Waals surface area contributed by atoms with E-state index in [4.69, 9.17) is 9.47 Å². The molecule has 0 aliphatic carbocycles. The highest BCUT2D eigenvalue weighted by Gasteiger charge is 1.95. The smallest absolute Gasteiger partial charge is 0.229 e. The van der Waals surface area contributed by atoms with Crippen LogP contribution in [0.4, 0.5) is 0 Å². The topological polar surface area (TPSA) is 18.5 Å². The van der Waals surface area contributed by atoms with E-state index < -0.39 is 0 Å². The van der Waals surface area contributed by atoms with Gasteiger partial charge in [0.25, 0.3) is 0 Å². The number of hydrogen-bond donors (Lipinski definition) is 0. The molecule has 0 saturated carbocycles. The average molecular weight is 184 g/mol. The first-order chi connectivity index (χ1) is 6.28. The second-order valence-corrected chi connectivity index (χ2v) is 2.62. The van der Waals surface area contributed by atoms with E-state index in [-0.39, 0.29) is 0 Å². The van der Waals surface area contributed by atoms with Crippen LogP contribution in [-0.4, -0.2) is 6.79 Å². The van der Waals surface area contributed by atoms with E-state index >= 15 is 0 Å². The summed E-state index contributed by atoms with van der Waals surface area (Å²) in [7, 11) is 0. The maximum Gasteiger partial charge on any atom is 0.229 e. The average Bonchev–Trinajstić information content (AvgIpc) is 2.19. The summed E-state index contributed by atoms with van der Waals surface area (Å²) in [6, 6.07) is 0. The molecule has 76 valence electrons. The second kappa shape index (κ2) is 7.71. The predicted octanol–water partition coefficient (Wildman–Crippen LogP) is 3.60. The van der Waals surface area contributed by atoms with E-state index in [1.165, 1.54) is 0 Å². The van der Waals surface area contributed by atoms with Gasteiger partial charge in [0.1, 0.15) is 0 Å². The third-order valence-electron chi connectivity index (χ3n) is 1.83. The lowest BCUT2D eigenvalue weighted by Crippen LogP contribution is -1.99. The number of ether oxygens (including phenoxy) is 2. The predicted molar refractivity (Wildman–Crippen MR) is 55.1 cm³/mol. The summed E-state index contributed by atoms with van der Waals surface area (Å²) in [6.07, 6.45) is 5.75. The van der Waals surface area contributed by atoms with Gasteiger partial charge in [0.15, 0.2) is 0 Å². The molecule has 0 aromatic carbocycles. The fourth-order valence-electron chi connectivity index (χ4n) is 0.960. The zero-order valence-electron chi connectivity index (χ0n) is 9.09. The minimum Gasteiger partial charge on any atom is -0.462 e. The van der Waals surface area contributed by atoms with Crippen LogP contribution in [-0.2, 0) is 9.47 Å². The Morgan fingerprint density at radius 2 is 1.31 bits per heavy atom. The van der Waals surface area contributed by atoms with Crippen molar-refractivity contribution in [3.8, 4) is 0 Å². The zero-order valence-corrected chi connectivity index (χ0v) is 9.09. The highest BCUT2D eigenvalue weighted by Crippen LogP contribution is 2.06. The van der Waals surface area contributed by atoms with Gasteiger partial charge in [0.05, 0.1) is 11.5 Å². The van der Waals surface area contributed by atoms with Crippen molar-refractivity contribution in [2.24, 2.45) is 0 Å². The van der Waals surface area contributed by atoms with Crippen LogP contribution in [0.2, 0.25) is 0 Å². The van der Waals surface area contributed by atoms with E-state index in [2.05, 4.69) is 13.8 Å². The molecule has 2 heteroatoms. The van der Waals surface area contributed by atoms with Crippen molar-refractivity contribution < 1.29 is 9.47 Å². The Hall–Kier alpha value is -0.920. The molecule has 0 bridgehead atoms. The highest BCUT2D eigenvalue weighted by molar-refractivity contribution is 4.90. The molecule has 0 aromatic rings. The van der Waals surface area contributed by atoms with E-state index in [0.717, 1.165) is 24.4 Å². The van der Waals surface area contributed by atoms with Gasteiger partial charge in [-0.05, 0) is 26.0 Å². The molecule has 0 aromatic heterocycles. The second-order valence-electron chi connectivity index (χ2n) is 2.62. The SMILES string of the molecule is CC=C(CC)OCOC(=CC)CC. The Morgan fingerprint density at radius 1 is 0.923 bits per heavy atom. The van der Waals surface area contributed by atoms with Gasteiger partial charge < -0.3 is 9.47 Å². The third kappa shape index (κ3) is 5.34. The minimum absolute atomic E-state index is 0.320. The van der Waals surface area contributed by atoms with Crippen molar-refractivity contribution in [2.75, 3.05) is 6.79 Å². The highest BCUT2D eigenvalue weighted by atomic mass is 16.7. The van der Waals surface area contributed by atoms with Gasteiger partial charge in [-0.3, -0.25) is 0 Å². The summed E-state index contributed by atoms with van der Waals surface area (Å²) < 4.78 is 10.7. The summed E-state index contributed by atoms with van der Waals surface area (Å²) in [5.41, 5.74) is 0. The van der Waals surface area contributed by atoms with Gasteiger partial charge >= 0.3 is 0 Å². The Bertz CT molecular complexity index is 161. The van der Waals surface area contributed by atoms with Gasteiger partial charge in [0.2, 0.25) is 6.79 Å². The number of hydrogen-bond acceptors (Lipinski definition) is 2. The van der Waals surface area contributed by atoms with Crippen LogP contribution in [0.15, 0.2) is 23.7 Å². The normalized spacial score (nSPS) is 12.9. The lowest BCUT2D eigenvalue weighted by molar-refractivity contribution is 0.00859. The molecule has 0 spiro atoms. The van der Waals surface area contributed by atoms with Crippen molar-refractivity contribution >= 4 is 0 Å². The largest absolute Gasteiger partial charge is 0.462 e. The monoisotopic (exact) mass is 184 g/mol. The van der Waals surface area contributed by atoms with Crippen LogP contribution < -0.4 is 0 Å². The summed E-state index contributed by atoms with van der Waals surface area (Å²) in [5.74, 6) is 1.96. The number of rotatable bonds is 6. The Balaban J connectivity index is 3.66. The Kier molecular flexibility index (Phi) is 7.17. The van der Waals surface area contributed by atoms with E-state index in [1.807, 2.05) is 26.0 Å². The van der Waals surface area contributed by atoms with Crippen LogP contribution in [0.5, 0.6) is 0 Å². The summed E-state index contributed by atoms with van der Waals surface area (Å²) in [4.78, 5) is 0. The van der Waals surface area contributed by atoms with Crippen LogP contribution in [0.25, 0.3) is 0 Å². The maximum absolute atomic E-state index is 5.37. The first-order valence-corrected chi connectivity index (χ1v) is 4.84. The fourth-order valence-corrected chi connectivity index (χ4v) is 0.960. The van der Waals surface area contributed by atoms with E-state index in [0.29, 0.717) is 6.79 Å². The molecule has 0 rings (SSSR count). The first kappa shape index (κ1) is 12.1. The van der Waals surface area contributed by atoms with E-state index in [9.17, 15) is 0 Å². The minimum atomic E-state index is 0.320. The molecule has 0 amide bonds. The van der Waals surface area contributed by atoms with Crippen LogP contribution in [0, 0.1) is 0 Å². The fraction of sp³-hybridized carbons (Fsp3) is 0.636. The molecule has 0 aliphatic rings. The molecule has 2 nitrogen and oxygen atoms in total. The number of allylic oxidation sites excluding steroid dienone is 4. The van der Waals surface area contributed by atoms with Crippen LogP contribution >= 0.6 is 0 Å². The quantitative estimate of drug-likeness (QED) is 0.464. The summed E-state index contributed by atoms with van der Waals surface area (Å²) in [5, 5.41) is 0. The molecule has 0 heterocycles. The molecule has 0 atom stereocenters. The molecule has 13 heavy (non-hydrogen) atoms. The first-order valence-electron chi connectivity index (χ1n) is 4.84. The third-order valence-corrected chi connectivity index (χ3v) is 1.83. The lowest BCUT2D eigenvalue weighted by Gasteiger charge is -2.11. The van der Waals surface area contributed by atoms with Gasteiger partial charge in [-0.25, -0.2) is 0 Å². The van der Waals surface area contributed by atoms with Gasteiger partial charge in [-0.2, -0.15) is 0 Å². The van der Waals surface area contributed by atoms with Crippen molar-refractivity contribution in [1.82, 2.24) is 0 Å². The van der Waals surface area contributed by atoms with Gasteiger partial charge in [-0.15, -0.1) is 0 Å². The molecule has 0 saturated heterocycles. The molecule has 0 unspecified atom stereocenters. The van der Waals surface area contributed by atoms with Gasteiger partial charge in [-0.1, -0.05) is 13.8 Å². The molecular weight excluding hydrogens is 164 g/mol. The van der Waals surface area contributed by atoms with Crippen molar-refractivity contribution in [2.45, 2.75) is 40.5 Å². The van der Waals surface area contributed by atoms with Crippen LogP contribution in [0.3, 0.4) is 0 Å². The summed E-state index contributed by atoms with van der Waals surface area (Å²) >= 11 is 0. The Labute approximate surface area is 81.2 Å². The zero-order chi connectivity index (χ0) is 10.1. The molecular formula is C11H20O2. The molecule has 0 N–H and O–H groups in total. The standard InChI is InChI=1S/C11H20O2/c1-5-10(6-2)12-9-13-11(7-3)8-4/h5,7H,6,8-9H2,1-4H3. The Morgan fingerprint density at radius 3 is 1.54 bits per heavy atom. The molecule has 0 fully saturated rings. The van der Waals surface area contributed by atoms with E-state index in [1.54, 1.807) is 0 Å².